The SMILES string of the molecule is C[N+](=O)[O-].C[N+](=O)[O-].C[n+]1ccc(-c2cc[n+](C)cc2)cc1.F[P-](F)(F)(F)(F)F.F[P-](F)(F)(F)(F)F.c1cc2ccc1COCCOCCOCc1ccc(cc1)COCCOCCOC2.c1cc2ccc1COCCOCCOCc1ccc(cc1)COCCOCCOC2. The number of nitro groups is 2. The first-order valence-electron chi connectivity index (χ1n) is 29.4. The maximum absolute atomic E-state index is 10.7. The van der Waals surface area contributed by atoms with Gasteiger partial charge in [-0.15, -0.1) is 0 Å². The van der Waals surface area contributed by atoms with Gasteiger partial charge in [0.05, 0.1) is 159 Å². The number of nitrogens with zero attached hydrogens (tertiary/aromatic N) is 4. The Labute approximate surface area is 548 Å². The van der Waals surface area contributed by atoms with Crippen LogP contribution < -0.4 is 9.13 Å². The summed E-state index contributed by atoms with van der Waals surface area (Å²) in [4.78, 5) is 16.6. The van der Waals surface area contributed by atoms with E-state index in [-0.39, 0.29) is 0 Å². The Hall–Kier alpha value is -6.48. The number of aryl methyl sites for hydroxylation is 2. The molecule has 0 amide bonds. The number of aromatic nitrogens is 2. The first kappa shape index (κ1) is 85.6. The Morgan fingerprint density at radius 3 is 0.490 bits per heavy atom. The van der Waals surface area contributed by atoms with Crippen molar-refractivity contribution in [3.63, 3.8) is 0 Å². The minimum atomic E-state index is -10.7. The van der Waals surface area contributed by atoms with E-state index in [0.29, 0.717) is 159 Å². The second kappa shape index (κ2) is 43.0. The standard InChI is InChI=1S/2C24H32O6.C12H14N2.2CH3NO2.2F6P/c2*1-2-22-4-3-21(1)17-27-13-9-25-11-15-29-19-23-5-7-24(8-6-23)20-30-16-12-26-10-14-28-18-22;1-13-7-3-11(4-8-13)12-5-9-14(2)10-6-12;2*1-2(3)4;2*1-7(2,3,4,5)6/h2*1-8H,9-20H2;3-10H,1-2H3;2*1H3;;/q;;+2;;;2*-1. The zero-order chi connectivity index (χ0) is 71.3. The van der Waals surface area contributed by atoms with Gasteiger partial charge in [0.25, 0.3) is 0 Å². The molecule has 2 aromatic heterocycles. The maximum atomic E-state index is 9.87. The van der Waals surface area contributed by atoms with Crippen molar-refractivity contribution < 1.29 is 126 Å². The van der Waals surface area contributed by atoms with E-state index in [4.69, 9.17) is 77.1 Å². The summed E-state index contributed by atoms with van der Waals surface area (Å²) in [6, 6.07) is 41.6. The molecule has 20 nitrogen and oxygen atoms in total. The molecule has 542 valence electrons. The van der Waals surface area contributed by atoms with Gasteiger partial charge in [0.1, 0.15) is 14.1 Å². The van der Waals surface area contributed by atoms with Gasteiger partial charge >= 0.3 is 66.0 Å². The second-order valence-electron chi connectivity index (χ2n) is 20.4. The second-order valence-corrected chi connectivity index (χ2v) is 24.3. The van der Waals surface area contributed by atoms with Gasteiger partial charge in [-0.1, -0.05) is 97.1 Å². The third kappa shape index (κ3) is 58.8. The van der Waals surface area contributed by atoms with Crippen LogP contribution in [-0.4, -0.2) is 130 Å². The van der Waals surface area contributed by atoms with Crippen molar-refractivity contribution in [2.24, 2.45) is 14.1 Å². The molecule has 8 aliphatic rings. The summed E-state index contributed by atoms with van der Waals surface area (Å²) >= 11 is 0. The monoisotopic (exact) mass is 1430 g/mol. The Balaban J connectivity index is 0.000000437. The molecule has 96 heavy (non-hydrogen) atoms. The minimum Gasteiger partial charge on any atom is -0.377 e. The molecule has 0 fully saturated rings. The summed E-state index contributed by atoms with van der Waals surface area (Å²) in [7, 11) is -15.5. The van der Waals surface area contributed by atoms with Crippen molar-refractivity contribution in [2.45, 2.75) is 52.9 Å². The summed E-state index contributed by atoms with van der Waals surface area (Å²) in [6.07, 6.45) is 8.23. The van der Waals surface area contributed by atoms with Crippen LogP contribution in [0.1, 0.15) is 44.5 Å². The van der Waals surface area contributed by atoms with E-state index in [0.717, 1.165) is 58.6 Å². The van der Waals surface area contributed by atoms with Gasteiger partial charge in [0.15, 0.2) is 38.9 Å². The van der Waals surface area contributed by atoms with Crippen LogP contribution in [0.15, 0.2) is 146 Å². The van der Waals surface area contributed by atoms with Crippen LogP contribution in [0.4, 0.5) is 50.4 Å². The van der Waals surface area contributed by atoms with Crippen LogP contribution in [0, 0.1) is 20.2 Å². The van der Waals surface area contributed by atoms with Gasteiger partial charge in [-0.3, -0.25) is 20.2 Å². The molecule has 6 aromatic rings. The van der Waals surface area contributed by atoms with Gasteiger partial charge < -0.3 is 56.8 Å². The van der Waals surface area contributed by atoms with Crippen molar-refractivity contribution in [3.8, 4) is 11.1 Å². The van der Waals surface area contributed by atoms with Gasteiger partial charge in [0.2, 0.25) is 0 Å². The first-order valence-corrected chi connectivity index (χ1v) is 33.4. The molecule has 8 aliphatic heterocycles. The summed E-state index contributed by atoms with van der Waals surface area (Å²) in [5.74, 6) is 0. The molecule has 0 radical (unpaired) electrons. The van der Waals surface area contributed by atoms with E-state index >= 15 is 0 Å². The smallest absolute Gasteiger partial charge is 0.0718 e. The van der Waals surface area contributed by atoms with Crippen LogP contribution in [0.25, 0.3) is 11.1 Å². The largest absolute Gasteiger partial charge is 0.377 e. The molecule has 0 saturated heterocycles. The predicted molar refractivity (Wildman–Crippen MR) is 333 cm³/mol. The Kier molecular flexibility index (Phi) is 38.4. The van der Waals surface area contributed by atoms with Crippen molar-refractivity contribution in [3.05, 3.63) is 211 Å². The summed E-state index contributed by atoms with van der Waals surface area (Å²) in [5.41, 5.74) is 11.6. The van der Waals surface area contributed by atoms with Gasteiger partial charge in [-0.25, -0.2) is 9.13 Å². The van der Waals surface area contributed by atoms with Crippen LogP contribution in [0.3, 0.4) is 0 Å². The summed E-state index contributed by atoms with van der Waals surface area (Å²) < 4.78 is 190. The zero-order valence-corrected chi connectivity index (χ0v) is 55.4. The first-order chi connectivity index (χ1) is 44.9. The molecule has 8 bridgehead atoms. The number of hydrogen-bond acceptors (Lipinski definition) is 16. The number of hydrogen-bond donors (Lipinski definition) is 0. The average molecular weight is 1430 g/mol. The van der Waals surface area contributed by atoms with E-state index in [1.54, 1.807) is 0 Å². The number of benzene rings is 4. The van der Waals surface area contributed by atoms with Crippen molar-refractivity contribution in [2.75, 3.05) is 120 Å². The number of rotatable bonds is 1. The molecule has 34 heteroatoms. The zero-order valence-electron chi connectivity index (χ0n) is 53.6. The predicted octanol–water partition coefficient (Wildman–Crippen LogP) is 14.6. The Morgan fingerprint density at radius 2 is 0.375 bits per heavy atom. The van der Waals surface area contributed by atoms with E-state index in [2.05, 4.69) is 146 Å². The molecule has 0 spiro atoms. The topological polar surface area (TPSA) is 205 Å². The van der Waals surface area contributed by atoms with Crippen LogP contribution in [-0.2, 0) is 124 Å². The van der Waals surface area contributed by atoms with Gasteiger partial charge in [-0.2, -0.15) is 0 Å². The molecule has 0 N–H and O–H groups in total. The van der Waals surface area contributed by atoms with E-state index in [1.807, 2.05) is 23.2 Å². The fourth-order valence-electron chi connectivity index (χ4n) is 7.18. The quantitative estimate of drug-likeness (QED) is 0.0493. The molecule has 0 saturated carbocycles. The molecule has 4 aromatic carbocycles. The maximum Gasteiger partial charge on any atom is 0.0718 e. The minimum absolute atomic E-state index is 0.500. The molecule has 10 heterocycles. The van der Waals surface area contributed by atoms with Crippen LogP contribution in [0.2, 0.25) is 0 Å². The molecular weight excluding hydrogens is 1350 g/mol. The van der Waals surface area contributed by atoms with Crippen molar-refractivity contribution in [1.82, 2.24) is 0 Å². The van der Waals surface area contributed by atoms with Crippen molar-refractivity contribution >= 4 is 15.6 Å². The van der Waals surface area contributed by atoms with E-state index < -0.39 is 25.5 Å². The molecule has 0 unspecified atom stereocenters. The van der Waals surface area contributed by atoms with Gasteiger partial charge in [-0.05, 0) is 55.6 Å². The molecule has 14 rings (SSSR count). The number of ether oxygens (including phenoxy) is 12. The molecule has 0 aliphatic carbocycles. The summed E-state index contributed by atoms with van der Waals surface area (Å²) in [5, 5.41) is 17.6. The van der Waals surface area contributed by atoms with E-state index in [9.17, 15) is 50.4 Å². The summed E-state index contributed by atoms with van der Waals surface area (Å²) in [6.45, 7) is 13.6. The molecule has 0 atom stereocenters. The van der Waals surface area contributed by atoms with E-state index in [1.165, 1.54) is 11.1 Å². The normalized spacial score (nSPS) is 17.2. The number of pyridine rings is 2. The fraction of sp³-hybridized carbons (Fsp3) is 0.452. The fourth-order valence-corrected chi connectivity index (χ4v) is 7.18. The third-order valence-electron chi connectivity index (χ3n) is 11.5. The van der Waals surface area contributed by atoms with Crippen molar-refractivity contribution in [1.29, 1.82) is 0 Å². The Bertz CT molecular complexity index is 2580. The average Bonchev–Trinajstić information content (AvgIpc) is 0.801. The van der Waals surface area contributed by atoms with Crippen LogP contribution in [0.5, 0.6) is 0 Å². The Morgan fingerprint density at radius 1 is 0.271 bits per heavy atom. The van der Waals surface area contributed by atoms with Gasteiger partial charge in [0, 0.05) is 34.1 Å². The third-order valence-corrected chi connectivity index (χ3v) is 11.5. The molecular formula is C62H84F12N4O16P2. The number of halogens is 12. The van der Waals surface area contributed by atoms with Crippen LogP contribution >= 0.6 is 15.6 Å².